The molecule has 21 heavy (non-hydrogen) atoms. The minimum Gasteiger partial charge on any atom is -0.342 e. The van der Waals surface area contributed by atoms with E-state index in [1.807, 2.05) is 30.3 Å². The van der Waals surface area contributed by atoms with Crippen molar-refractivity contribution in [3.8, 4) is 0 Å². The normalized spacial score (nSPS) is 19.5. The maximum atomic E-state index is 12.5. The lowest BCUT2D eigenvalue weighted by Gasteiger charge is -2.45. The van der Waals surface area contributed by atoms with Gasteiger partial charge in [0.25, 0.3) is 0 Å². The first-order valence-corrected chi connectivity index (χ1v) is 7.20. The molecule has 2 N–H and O–H groups in total. The summed E-state index contributed by atoms with van der Waals surface area (Å²) in [6.45, 7) is 4.69. The SMILES string of the molecule is CN1CCN(C(=O)C[C@H](N)c2ccccc2)C(C)(C)C1=O. The Morgan fingerprint density at radius 3 is 2.52 bits per heavy atom. The van der Waals surface area contributed by atoms with Gasteiger partial charge in [-0.25, -0.2) is 0 Å². The smallest absolute Gasteiger partial charge is 0.247 e. The fraction of sp³-hybridized carbons (Fsp3) is 0.500. The highest BCUT2D eigenvalue weighted by atomic mass is 16.2. The molecule has 0 aromatic heterocycles. The van der Waals surface area contributed by atoms with Crippen molar-refractivity contribution in [2.24, 2.45) is 5.73 Å². The highest BCUT2D eigenvalue weighted by Gasteiger charge is 2.42. The quantitative estimate of drug-likeness (QED) is 0.908. The molecule has 5 nitrogen and oxygen atoms in total. The number of nitrogens with two attached hydrogens (primary N) is 1. The van der Waals surface area contributed by atoms with Crippen LogP contribution in [0.5, 0.6) is 0 Å². The molecule has 2 rings (SSSR count). The largest absolute Gasteiger partial charge is 0.342 e. The summed E-state index contributed by atoms with van der Waals surface area (Å²) in [5.41, 5.74) is 6.24. The van der Waals surface area contributed by atoms with Crippen LogP contribution in [0.25, 0.3) is 0 Å². The van der Waals surface area contributed by atoms with Gasteiger partial charge in [-0.15, -0.1) is 0 Å². The van der Waals surface area contributed by atoms with Crippen LogP contribution >= 0.6 is 0 Å². The first-order chi connectivity index (χ1) is 9.84. The number of carbonyl (C=O) groups excluding carboxylic acids is 2. The van der Waals surface area contributed by atoms with Crippen LogP contribution in [0.2, 0.25) is 0 Å². The standard InChI is InChI=1S/C16H23N3O2/c1-16(2)15(21)18(3)9-10-19(16)14(20)11-13(17)12-7-5-4-6-8-12/h4-8,13H,9-11,17H2,1-3H3/t13-/m0/s1. The summed E-state index contributed by atoms with van der Waals surface area (Å²) in [6, 6.07) is 9.21. The van der Waals surface area contributed by atoms with Gasteiger partial charge in [-0.3, -0.25) is 9.59 Å². The molecule has 1 atom stereocenters. The van der Waals surface area contributed by atoms with E-state index in [4.69, 9.17) is 5.73 Å². The Morgan fingerprint density at radius 1 is 1.29 bits per heavy atom. The fourth-order valence-electron chi connectivity index (χ4n) is 2.77. The molecule has 0 unspecified atom stereocenters. The molecule has 0 bridgehead atoms. The Bertz CT molecular complexity index is 528. The Morgan fingerprint density at radius 2 is 1.90 bits per heavy atom. The summed E-state index contributed by atoms with van der Waals surface area (Å²) in [5, 5.41) is 0. The van der Waals surface area contributed by atoms with E-state index in [1.165, 1.54) is 0 Å². The predicted molar refractivity (Wildman–Crippen MR) is 81.4 cm³/mol. The minimum atomic E-state index is -0.805. The van der Waals surface area contributed by atoms with Crippen molar-refractivity contribution in [3.05, 3.63) is 35.9 Å². The van der Waals surface area contributed by atoms with Crippen molar-refractivity contribution in [1.82, 2.24) is 9.80 Å². The second-order valence-electron chi connectivity index (χ2n) is 6.05. The summed E-state index contributed by atoms with van der Waals surface area (Å²) >= 11 is 0. The van der Waals surface area contributed by atoms with Crippen LogP contribution in [0, 0.1) is 0 Å². The van der Waals surface area contributed by atoms with E-state index in [2.05, 4.69) is 0 Å². The van der Waals surface area contributed by atoms with Crippen LogP contribution in [0.4, 0.5) is 0 Å². The molecule has 1 saturated heterocycles. The highest BCUT2D eigenvalue weighted by Crippen LogP contribution is 2.24. The summed E-state index contributed by atoms with van der Waals surface area (Å²) in [4.78, 5) is 28.1. The molecule has 0 radical (unpaired) electrons. The second-order valence-corrected chi connectivity index (χ2v) is 6.05. The Labute approximate surface area is 125 Å². The zero-order chi connectivity index (χ0) is 15.6. The molecular weight excluding hydrogens is 266 g/mol. The molecule has 114 valence electrons. The fourth-order valence-corrected chi connectivity index (χ4v) is 2.77. The van der Waals surface area contributed by atoms with Gasteiger partial charge < -0.3 is 15.5 Å². The Hall–Kier alpha value is -1.88. The molecule has 1 aromatic rings. The molecule has 0 saturated carbocycles. The lowest BCUT2D eigenvalue weighted by molar-refractivity contribution is -0.157. The van der Waals surface area contributed by atoms with Crippen LogP contribution in [-0.2, 0) is 9.59 Å². The molecule has 2 amide bonds. The van der Waals surface area contributed by atoms with Gasteiger partial charge in [0.05, 0.1) is 0 Å². The molecule has 1 aliphatic rings. The molecular formula is C16H23N3O2. The maximum absolute atomic E-state index is 12.5. The number of hydrogen-bond donors (Lipinski definition) is 1. The average molecular weight is 289 g/mol. The number of amides is 2. The number of carbonyl (C=O) groups is 2. The van der Waals surface area contributed by atoms with E-state index in [-0.39, 0.29) is 24.3 Å². The third-order valence-electron chi connectivity index (χ3n) is 4.13. The van der Waals surface area contributed by atoms with E-state index >= 15 is 0 Å². The van der Waals surface area contributed by atoms with Gasteiger partial charge >= 0.3 is 0 Å². The van der Waals surface area contributed by atoms with Gasteiger partial charge in [-0.1, -0.05) is 30.3 Å². The van der Waals surface area contributed by atoms with Gasteiger partial charge in [0.1, 0.15) is 5.54 Å². The zero-order valence-electron chi connectivity index (χ0n) is 12.9. The van der Waals surface area contributed by atoms with Crippen LogP contribution in [0.15, 0.2) is 30.3 Å². The predicted octanol–water partition coefficient (Wildman–Crippen LogP) is 1.16. The molecule has 0 aliphatic carbocycles. The van der Waals surface area contributed by atoms with E-state index in [9.17, 15) is 9.59 Å². The molecule has 0 spiro atoms. The lowest BCUT2D eigenvalue weighted by atomic mass is 9.95. The summed E-state index contributed by atoms with van der Waals surface area (Å²) < 4.78 is 0. The molecule has 1 heterocycles. The number of rotatable bonds is 3. The third-order valence-corrected chi connectivity index (χ3v) is 4.13. The first kappa shape index (κ1) is 15.5. The van der Waals surface area contributed by atoms with Crippen molar-refractivity contribution in [2.75, 3.05) is 20.1 Å². The van der Waals surface area contributed by atoms with Gasteiger partial charge in [0, 0.05) is 32.6 Å². The van der Waals surface area contributed by atoms with Gasteiger partial charge in [0.15, 0.2) is 0 Å². The third kappa shape index (κ3) is 3.08. The monoisotopic (exact) mass is 289 g/mol. The van der Waals surface area contributed by atoms with E-state index in [1.54, 1.807) is 30.7 Å². The zero-order valence-corrected chi connectivity index (χ0v) is 12.9. The minimum absolute atomic E-state index is 0.0321. The van der Waals surface area contributed by atoms with Crippen LogP contribution in [-0.4, -0.2) is 47.3 Å². The second kappa shape index (κ2) is 5.85. The summed E-state index contributed by atoms with van der Waals surface area (Å²) in [5.74, 6) is -0.104. The van der Waals surface area contributed by atoms with Crippen molar-refractivity contribution in [2.45, 2.75) is 31.8 Å². The van der Waals surface area contributed by atoms with Gasteiger partial charge in [-0.05, 0) is 19.4 Å². The van der Waals surface area contributed by atoms with Crippen molar-refractivity contribution >= 4 is 11.8 Å². The summed E-state index contributed by atoms with van der Waals surface area (Å²) in [7, 11) is 1.77. The Balaban J connectivity index is 2.08. The topological polar surface area (TPSA) is 66.6 Å². The number of hydrogen-bond acceptors (Lipinski definition) is 3. The summed E-state index contributed by atoms with van der Waals surface area (Å²) in [6.07, 6.45) is 0.213. The Kier molecular flexibility index (Phi) is 4.32. The van der Waals surface area contributed by atoms with E-state index in [0.717, 1.165) is 5.56 Å². The van der Waals surface area contributed by atoms with E-state index in [0.29, 0.717) is 13.1 Å². The average Bonchev–Trinajstić information content (AvgIpc) is 2.45. The van der Waals surface area contributed by atoms with Gasteiger partial charge in [-0.2, -0.15) is 0 Å². The molecule has 5 heteroatoms. The first-order valence-electron chi connectivity index (χ1n) is 7.20. The lowest BCUT2D eigenvalue weighted by Crippen LogP contribution is -2.63. The van der Waals surface area contributed by atoms with Crippen molar-refractivity contribution in [3.63, 3.8) is 0 Å². The molecule has 1 fully saturated rings. The van der Waals surface area contributed by atoms with Crippen LogP contribution in [0.3, 0.4) is 0 Å². The van der Waals surface area contributed by atoms with E-state index < -0.39 is 5.54 Å². The van der Waals surface area contributed by atoms with Crippen LogP contribution < -0.4 is 5.73 Å². The maximum Gasteiger partial charge on any atom is 0.247 e. The van der Waals surface area contributed by atoms with Crippen LogP contribution in [0.1, 0.15) is 31.9 Å². The number of likely N-dealkylation sites (N-methyl/N-ethyl adjacent to an activating group) is 1. The highest BCUT2D eigenvalue weighted by molar-refractivity contribution is 5.92. The number of benzene rings is 1. The van der Waals surface area contributed by atoms with Gasteiger partial charge in [0.2, 0.25) is 11.8 Å². The molecule has 1 aliphatic heterocycles. The molecule has 1 aromatic carbocycles. The number of piperazine rings is 1. The number of nitrogens with zero attached hydrogens (tertiary/aromatic N) is 2. The van der Waals surface area contributed by atoms with Crippen molar-refractivity contribution < 1.29 is 9.59 Å². The van der Waals surface area contributed by atoms with Crippen molar-refractivity contribution in [1.29, 1.82) is 0 Å².